The van der Waals surface area contributed by atoms with Crippen LogP contribution in [0, 0.1) is 6.92 Å². The van der Waals surface area contributed by atoms with Crippen LogP contribution >= 0.6 is 22.7 Å². The molecule has 0 aliphatic heterocycles. The molecule has 4 nitrogen and oxygen atoms in total. The van der Waals surface area contributed by atoms with Gasteiger partial charge in [-0.15, -0.1) is 21.5 Å². The van der Waals surface area contributed by atoms with Gasteiger partial charge in [-0.3, -0.25) is 10.1 Å². The van der Waals surface area contributed by atoms with Crippen LogP contribution in [0.3, 0.4) is 0 Å². The molecule has 1 N–H and O–H groups in total. The number of thiophene rings is 1. The summed E-state index contributed by atoms with van der Waals surface area (Å²) in [5.41, 5.74) is 1.02. The average molecular weight is 317 g/mol. The largest absolute Gasteiger partial charge is 0.296 e. The Hall–Kier alpha value is -1.79. The van der Waals surface area contributed by atoms with E-state index in [1.165, 1.54) is 22.7 Å². The van der Waals surface area contributed by atoms with E-state index in [0.717, 1.165) is 38.4 Å². The minimum absolute atomic E-state index is 0.104. The number of rotatable bonds is 4. The summed E-state index contributed by atoms with van der Waals surface area (Å²) in [6.45, 7) is 4.08. The van der Waals surface area contributed by atoms with E-state index in [1.54, 1.807) is 0 Å². The Bertz CT molecular complexity index is 791. The third-order valence-electron chi connectivity index (χ3n) is 3.20. The summed E-state index contributed by atoms with van der Waals surface area (Å²) in [5.74, 6) is -0.104. The summed E-state index contributed by atoms with van der Waals surface area (Å²) < 4.78 is 1.13. The van der Waals surface area contributed by atoms with Crippen molar-refractivity contribution in [2.45, 2.75) is 26.7 Å². The SMILES string of the molecule is CCCc1nnc(NC(=O)c2sc3ccccc3c2C)s1. The van der Waals surface area contributed by atoms with Crippen molar-refractivity contribution in [3.05, 3.63) is 39.7 Å². The predicted molar refractivity (Wildman–Crippen MR) is 88.4 cm³/mol. The predicted octanol–water partition coefficient (Wildman–Crippen LogP) is 4.27. The molecule has 0 spiro atoms. The molecule has 3 aromatic rings. The molecule has 0 unspecified atom stereocenters. The van der Waals surface area contributed by atoms with E-state index in [0.29, 0.717) is 5.13 Å². The fourth-order valence-electron chi connectivity index (χ4n) is 2.16. The van der Waals surface area contributed by atoms with Crippen molar-refractivity contribution in [1.82, 2.24) is 10.2 Å². The van der Waals surface area contributed by atoms with Gasteiger partial charge >= 0.3 is 0 Å². The number of aryl methyl sites for hydroxylation is 2. The second-order valence-electron chi connectivity index (χ2n) is 4.76. The second kappa shape index (κ2) is 5.91. The minimum Gasteiger partial charge on any atom is -0.296 e. The van der Waals surface area contributed by atoms with Crippen LogP contribution in [-0.4, -0.2) is 16.1 Å². The topological polar surface area (TPSA) is 54.9 Å². The van der Waals surface area contributed by atoms with Crippen molar-refractivity contribution in [3.63, 3.8) is 0 Å². The Labute approximate surface area is 130 Å². The van der Waals surface area contributed by atoms with Crippen LogP contribution in [0.1, 0.15) is 33.6 Å². The van der Waals surface area contributed by atoms with Crippen molar-refractivity contribution in [3.8, 4) is 0 Å². The maximum atomic E-state index is 12.4. The summed E-state index contributed by atoms with van der Waals surface area (Å²) in [7, 11) is 0. The molecule has 2 aromatic heterocycles. The Morgan fingerprint density at radius 3 is 2.81 bits per heavy atom. The van der Waals surface area contributed by atoms with Gasteiger partial charge in [0.2, 0.25) is 5.13 Å². The average Bonchev–Trinajstić information content (AvgIpc) is 3.05. The van der Waals surface area contributed by atoms with Crippen LogP contribution in [0.4, 0.5) is 5.13 Å². The van der Waals surface area contributed by atoms with Crippen LogP contribution in [0.2, 0.25) is 0 Å². The molecular formula is C15H15N3OS2. The van der Waals surface area contributed by atoms with Crippen LogP contribution in [0.5, 0.6) is 0 Å². The van der Waals surface area contributed by atoms with Crippen molar-refractivity contribution in [1.29, 1.82) is 0 Å². The van der Waals surface area contributed by atoms with Gasteiger partial charge < -0.3 is 0 Å². The number of benzene rings is 1. The number of fused-ring (bicyclic) bond motifs is 1. The fourth-order valence-corrected chi connectivity index (χ4v) is 4.10. The molecule has 0 aliphatic carbocycles. The van der Waals surface area contributed by atoms with Crippen LogP contribution in [0.25, 0.3) is 10.1 Å². The van der Waals surface area contributed by atoms with Crippen LogP contribution in [0.15, 0.2) is 24.3 Å². The molecule has 21 heavy (non-hydrogen) atoms. The second-order valence-corrected chi connectivity index (χ2v) is 6.87. The number of hydrogen-bond donors (Lipinski definition) is 1. The first kappa shape index (κ1) is 14.2. The standard InChI is InChI=1S/C15H15N3OS2/c1-3-6-12-17-18-15(21-12)16-14(19)13-9(2)10-7-4-5-8-11(10)20-13/h4-5,7-8H,3,6H2,1-2H3,(H,16,18,19). The number of nitrogens with one attached hydrogen (secondary N) is 1. The highest BCUT2D eigenvalue weighted by Gasteiger charge is 2.16. The zero-order valence-corrected chi connectivity index (χ0v) is 13.5. The lowest BCUT2D eigenvalue weighted by Gasteiger charge is -1.99. The number of aromatic nitrogens is 2. The minimum atomic E-state index is -0.104. The molecule has 0 atom stereocenters. The van der Waals surface area contributed by atoms with Gasteiger partial charge in [-0.2, -0.15) is 0 Å². The summed E-state index contributed by atoms with van der Waals surface area (Å²) >= 11 is 2.96. The quantitative estimate of drug-likeness (QED) is 0.782. The third-order valence-corrected chi connectivity index (χ3v) is 5.37. The van der Waals surface area contributed by atoms with Crippen LogP contribution in [-0.2, 0) is 6.42 Å². The van der Waals surface area contributed by atoms with Gasteiger partial charge in [0, 0.05) is 11.1 Å². The zero-order chi connectivity index (χ0) is 14.8. The highest BCUT2D eigenvalue weighted by atomic mass is 32.1. The Balaban J connectivity index is 1.84. The number of carbonyl (C=O) groups is 1. The van der Waals surface area contributed by atoms with E-state index in [4.69, 9.17) is 0 Å². The van der Waals surface area contributed by atoms with E-state index >= 15 is 0 Å². The van der Waals surface area contributed by atoms with Crippen molar-refractivity contribution < 1.29 is 4.79 Å². The molecule has 6 heteroatoms. The fraction of sp³-hybridized carbons (Fsp3) is 0.267. The lowest BCUT2D eigenvalue weighted by atomic mass is 10.1. The molecule has 0 bridgehead atoms. The third kappa shape index (κ3) is 2.82. The highest BCUT2D eigenvalue weighted by Crippen LogP contribution is 2.31. The van der Waals surface area contributed by atoms with E-state index < -0.39 is 0 Å². The molecule has 3 rings (SSSR count). The maximum absolute atomic E-state index is 12.4. The summed E-state index contributed by atoms with van der Waals surface area (Å²) in [6, 6.07) is 8.06. The summed E-state index contributed by atoms with van der Waals surface area (Å²) in [6.07, 6.45) is 1.92. The molecule has 0 radical (unpaired) electrons. The molecule has 0 saturated heterocycles. The maximum Gasteiger partial charge on any atom is 0.267 e. The first-order valence-corrected chi connectivity index (χ1v) is 8.44. The van der Waals surface area contributed by atoms with Crippen molar-refractivity contribution in [2.24, 2.45) is 0 Å². The smallest absolute Gasteiger partial charge is 0.267 e. The van der Waals surface area contributed by atoms with Gasteiger partial charge in [-0.05, 0) is 30.4 Å². The van der Waals surface area contributed by atoms with Gasteiger partial charge in [-0.25, -0.2) is 0 Å². The van der Waals surface area contributed by atoms with Crippen molar-refractivity contribution >= 4 is 43.8 Å². The van der Waals surface area contributed by atoms with Gasteiger partial charge in [0.25, 0.3) is 5.91 Å². The van der Waals surface area contributed by atoms with E-state index in [2.05, 4.69) is 22.4 Å². The molecule has 1 amide bonds. The van der Waals surface area contributed by atoms with Gasteiger partial charge in [0.1, 0.15) is 5.01 Å². The highest BCUT2D eigenvalue weighted by molar-refractivity contribution is 7.21. The van der Waals surface area contributed by atoms with Gasteiger partial charge in [-0.1, -0.05) is 36.5 Å². The van der Waals surface area contributed by atoms with Crippen LogP contribution < -0.4 is 5.32 Å². The Morgan fingerprint density at radius 1 is 1.24 bits per heavy atom. The molecular weight excluding hydrogens is 302 g/mol. The lowest BCUT2D eigenvalue weighted by Crippen LogP contribution is -2.11. The van der Waals surface area contributed by atoms with E-state index in [9.17, 15) is 4.79 Å². The molecule has 0 fully saturated rings. The number of amides is 1. The molecule has 0 saturated carbocycles. The lowest BCUT2D eigenvalue weighted by molar-refractivity contribution is 0.103. The number of hydrogen-bond acceptors (Lipinski definition) is 5. The Morgan fingerprint density at radius 2 is 2.05 bits per heavy atom. The number of nitrogens with zero attached hydrogens (tertiary/aromatic N) is 2. The van der Waals surface area contributed by atoms with Gasteiger partial charge in [0.05, 0.1) is 4.88 Å². The first-order chi connectivity index (χ1) is 10.2. The van der Waals surface area contributed by atoms with Gasteiger partial charge in [0.15, 0.2) is 0 Å². The molecule has 1 aromatic carbocycles. The molecule has 108 valence electrons. The zero-order valence-electron chi connectivity index (χ0n) is 11.8. The van der Waals surface area contributed by atoms with E-state index in [-0.39, 0.29) is 5.91 Å². The molecule has 0 aliphatic rings. The number of carbonyl (C=O) groups excluding carboxylic acids is 1. The molecule has 2 heterocycles. The number of anilines is 1. The summed E-state index contributed by atoms with van der Waals surface area (Å²) in [5, 5.41) is 13.6. The normalized spacial score (nSPS) is 11.0. The monoisotopic (exact) mass is 317 g/mol. The van der Waals surface area contributed by atoms with E-state index in [1.807, 2.05) is 31.2 Å². The van der Waals surface area contributed by atoms with Crippen molar-refractivity contribution in [2.75, 3.05) is 5.32 Å². The first-order valence-electron chi connectivity index (χ1n) is 6.81. The summed E-state index contributed by atoms with van der Waals surface area (Å²) in [4.78, 5) is 13.1. The Kier molecular flexibility index (Phi) is 3.98.